The van der Waals surface area contributed by atoms with Crippen molar-refractivity contribution in [1.29, 1.82) is 0 Å². The predicted octanol–water partition coefficient (Wildman–Crippen LogP) is 0.617. The molecule has 0 heterocycles. The Kier molecular flexibility index (Phi) is 11.0. The van der Waals surface area contributed by atoms with E-state index in [1.807, 2.05) is 0 Å². The Morgan fingerprint density at radius 2 is 1.73 bits per heavy atom. The van der Waals surface area contributed by atoms with Crippen molar-refractivity contribution < 1.29 is 22.5 Å². The highest BCUT2D eigenvalue weighted by Crippen LogP contribution is 2.02. The Balaban J connectivity index is 0. The van der Waals surface area contributed by atoms with Gasteiger partial charge in [-0.2, -0.15) is 8.42 Å². The quantitative estimate of drug-likeness (QED) is 0.309. The van der Waals surface area contributed by atoms with E-state index in [1.165, 1.54) is 6.92 Å². The molecule has 0 rings (SSSR count). The molecule has 86 valence electrons. The van der Waals surface area contributed by atoms with E-state index < -0.39 is 10.1 Å². The number of esters is 1. The van der Waals surface area contributed by atoms with Crippen LogP contribution in [0.2, 0.25) is 0 Å². The Morgan fingerprint density at radius 3 is 2.20 bits per heavy atom. The second kappa shape index (κ2) is 9.38. The highest BCUT2D eigenvalue weighted by molar-refractivity contribution is 7.85. The van der Waals surface area contributed by atoms with Gasteiger partial charge < -0.3 is 4.74 Å². The molecule has 0 bridgehead atoms. The van der Waals surface area contributed by atoms with Crippen LogP contribution < -0.4 is 0 Å². The van der Waals surface area contributed by atoms with Gasteiger partial charge in [0, 0.05) is 30.0 Å². The zero-order valence-corrected chi connectivity index (χ0v) is 11.2. The number of hydrogen-bond donors (Lipinski definition) is 1. The summed E-state index contributed by atoms with van der Waals surface area (Å²) in [6.07, 6.45) is 2.67. The number of ether oxygens (including phenoxy) is 1. The maximum absolute atomic E-state index is 10.3. The maximum Gasteiger partial charge on any atom is 0.302 e. The van der Waals surface area contributed by atoms with Crippen molar-refractivity contribution in [3.05, 3.63) is 0 Å². The van der Waals surface area contributed by atoms with Gasteiger partial charge in [-0.1, -0.05) is 12.8 Å². The highest BCUT2D eigenvalue weighted by atomic mass is 32.2. The maximum atomic E-state index is 10.3. The third-order valence-corrected chi connectivity index (χ3v) is 2.41. The van der Waals surface area contributed by atoms with Crippen molar-refractivity contribution in [1.82, 2.24) is 0 Å². The molecule has 2 radical (unpaired) electrons. The lowest BCUT2D eigenvalue weighted by atomic mass is 10.2. The average molecular weight is 249 g/mol. The number of carbonyl (C=O) groups excluding carboxylic acids is 1. The summed E-state index contributed by atoms with van der Waals surface area (Å²) in [4.78, 5) is 10.3. The molecule has 0 aliphatic carbocycles. The van der Waals surface area contributed by atoms with Crippen LogP contribution in [0.25, 0.3) is 0 Å². The molecule has 0 saturated heterocycles. The van der Waals surface area contributed by atoms with Crippen LogP contribution in [-0.2, 0) is 19.6 Å². The molecular formula is C8H16MgO5S. The van der Waals surface area contributed by atoms with Crippen LogP contribution in [0.3, 0.4) is 0 Å². The molecule has 15 heavy (non-hydrogen) atoms. The second-order valence-electron chi connectivity index (χ2n) is 3.04. The van der Waals surface area contributed by atoms with E-state index in [2.05, 4.69) is 4.74 Å². The van der Waals surface area contributed by atoms with Crippen molar-refractivity contribution in [2.75, 3.05) is 12.4 Å². The molecule has 0 unspecified atom stereocenters. The van der Waals surface area contributed by atoms with E-state index in [0.717, 1.165) is 12.8 Å². The minimum absolute atomic E-state index is 0. The van der Waals surface area contributed by atoms with Gasteiger partial charge in [-0.25, -0.2) is 0 Å². The summed E-state index contributed by atoms with van der Waals surface area (Å²) in [5.41, 5.74) is 0. The van der Waals surface area contributed by atoms with Crippen molar-refractivity contribution >= 4 is 39.1 Å². The van der Waals surface area contributed by atoms with Crippen LogP contribution in [0.5, 0.6) is 0 Å². The zero-order valence-electron chi connectivity index (χ0n) is 8.94. The topological polar surface area (TPSA) is 80.7 Å². The van der Waals surface area contributed by atoms with Gasteiger partial charge in [0.2, 0.25) is 0 Å². The van der Waals surface area contributed by atoms with Crippen LogP contribution in [0.1, 0.15) is 32.6 Å². The first-order valence-corrected chi connectivity index (χ1v) is 6.11. The third kappa shape index (κ3) is 16.8. The molecule has 0 aliphatic rings. The smallest absolute Gasteiger partial charge is 0.302 e. The summed E-state index contributed by atoms with van der Waals surface area (Å²) in [7, 11) is -3.82. The lowest BCUT2D eigenvalue weighted by molar-refractivity contribution is -0.141. The normalized spacial score (nSPS) is 10.5. The molecule has 0 aromatic heterocycles. The number of hydrogen-bond acceptors (Lipinski definition) is 4. The van der Waals surface area contributed by atoms with Gasteiger partial charge in [-0.15, -0.1) is 0 Å². The van der Waals surface area contributed by atoms with Crippen molar-refractivity contribution in [2.45, 2.75) is 32.6 Å². The number of unbranched alkanes of at least 4 members (excludes halogenated alkanes) is 3. The molecule has 0 amide bonds. The van der Waals surface area contributed by atoms with E-state index in [-0.39, 0.29) is 34.8 Å². The second-order valence-corrected chi connectivity index (χ2v) is 4.61. The van der Waals surface area contributed by atoms with Crippen LogP contribution in [0, 0.1) is 0 Å². The lowest BCUT2D eigenvalue weighted by Crippen LogP contribution is -2.04. The molecule has 7 heteroatoms. The van der Waals surface area contributed by atoms with E-state index in [0.29, 0.717) is 19.4 Å². The zero-order chi connectivity index (χ0) is 11.0. The Bertz CT molecular complexity index is 262. The standard InChI is InChI=1S/C8H16O5S.Mg/c1-8(9)13-6-4-2-3-5-7-14(10,11)12;/h2-7H2,1H3,(H,10,11,12);. The molecule has 0 aliphatic heterocycles. The summed E-state index contributed by atoms with van der Waals surface area (Å²) >= 11 is 0. The number of rotatable bonds is 7. The highest BCUT2D eigenvalue weighted by Gasteiger charge is 2.02. The van der Waals surface area contributed by atoms with Crippen molar-refractivity contribution in [3.8, 4) is 0 Å². The summed E-state index contributed by atoms with van der Waals surface area (Å²) in [5, 5.41) is 0. The summed E-state index contributed by atoms with van der Waals surface area (Å²) in [6, 6.07) is 0. The van der Waals surface area contributed by atoms with Gasteiger partial charge >= 0.3 is 5.97 Å². The molecule has 0 spiro atoms. The van der Waals surface area contributed by atoms with Gasteiger partial charge in [-0.3, -0.25) is 9.35 Å². The van der Waals surface area contributed by atoms with E-state index in [9.17, 15) is 13.2 Å². The van der Waals surface area contributed by atoms with E-state index >= 15 is 0 Å². The van der Waals surface area contributed by atoms with Crippen molar-refractivity contribution in [2.24, 2.45) is 0 Å². The van der Waals surface area contributed by atoms with Crippen LogP contribution >= 0.6 is 0 Å². The van der Waals surface area contributed by atoms with Crippen LogP contribution in [-0.4, -0.2) is 54.4 Å². The summed E-state index contributed by atoms with van der Waals surface area (Å²) < 4.78 is 33.7. The molecule has 0 aromatic carbocycles. The summed E-state index contributed by atoms with van der Waals surface area (Å²) in [5.74, 6) is -0.497. The first-order valence-electron chi connectivity index (χ1n) is 4.50. The third-order valence-electron chi connectivity index (χ3n) is 1.60. The average Bonchev–Trinajstić information content (AvgIpc) is 2.00. The molecule has 5 nitrogen and oxygen atoms in total. The molecule has 0 atom stereocenters. The minimum Gasteiger partial charge on any atom is -0.466 e. The van der Waals surface area contributed by atoms with Gasteiger partial charge in [0.25, 0.3) is 10.1 Å². The minimum atomic E-state index is -3.82. The summed E-state index contributed by atoms with van der Waals surface area (Å²) in [6.45, 7) is 1.72. The lowest BCUT2D eigenvalue weighted by Gasteiger charge is -2.01. The molecule has 0 aromatic rings. The fraction of sp³-hybridized carbons (Fsp3) is 0.875. The number of carbonyl (C=O) groups is 1. The fourth-order valence-electron chi connectivity index (χ4n) is 0.956. The van der Waals surface area contributed by atoms with Crippen molar-refractivity contribution in [3.63, 3.8) is 0 Å². The van der Waals surface area contributed by atoms with Gasteiger partial charge in [0.15, 0.2) is 0 Å². The Hall–Kier alpha value is 0.146. The van der Waals surface area contributed by atoms with Crippen LogP contribution in [0.15, 0.2) is 0 Å². The monoisotopic (exact) mass is 248 g/mol. The predicted molar refractivity (Wildman–Crippen MR) is 57.3 cm³/mol. The first kappa shape index (κ1) is 17.5. The molecule has 0 saturated carbocycles. The fourth-order valence-corrected chi connectivity index (χ4v) is 1.52. The molecule has 0 fully saturated rings. The first-order chi connectivity index (χ1) is 6.42. The molecular weight excluding hydrogens is 232 g/mol. The van der Waals surface area contributed by atoms with Gasteiger partial charge in [0.1, 0.15) is 0 Å². The van der Waals surface area contributed by atoms with Gasteiger partial charge in [-0.05, 0) is 12.8 Å². The SMILES string of the molecule is CC(=O)OCCCCCCS(=O)(=O)O.[Mg]. The largest absolute Gasteiger partial charge is 0.466 e. The molecule has 1 N–H and O–H groups in total. The van der Waals surface area contributed by atoms with Crippen LogP contribution in [0.4, 0.5) is 0 Å². The Labute approximate surface area is 106 Å². The Morgan fingerprint density at radius 1 is 1.20 bits per heavy atom. The van der Waals surface area contributed by atoms with E-state index in [1.54, 1.807) is 0 Å². The van der Waals surface area contributed by atoms with Gasteiger partial charge in [0.05, 0.1) is 12.4 Å². The van der Waals surface area contributed by atoms with E-state index in [4.69, 9.17) is 4.55 Å².